The number of hydrogen-bond acceptors (Lipinski definition) is 4. The molecule has 0 aliphatic heterocycles. The minimum absolute atomic E-state index is 0.00230. The normalized spacial score (nSPS) is 8.76. The number of aryl methyl sites for hydroxylation is 1. The number of nitro benzene ring substituents is 1. The molecule has 0 saturated carbocycles. The van der Waals surface area contributed by atoms with Gasteiger partial charge in [0.25, 0.3) is 5.69 Å². The van der Waals surface area contributed by atoms with Crippen LogP contribution in [0.3, 0.4) is 0 Å². The summed E-state index contributed by atoms with van der Waals surface area (Å²) in [6.45, 7) is 1.67. The van der Waals surface area contributed by atoms with E-state index < -0.39 is 4.92 Å². The van der Waals surface area contributed by atoms with Gasteiger partial charge >= 0.3 is 0 Å². The molecule has 0 aliphatic carbocycles. The molecule has 1 aromatic carbocycles. The fourth-order valence-electron chi connectivity index (χ4n) is 1.19. The first-order chi connectivity index (χ1) is 8.06. The SMILES string of the molecule is Cc1cc([N+](=O)[O-])cc(C#CCN=[N+]=[N-])c1N. The van der Waals surface area contributed by atoms with E-state index in [1.54, 1.807) is 6.92 Å². The van der Waals surface area contributed by atoms with Crippen molar-refractivity contribution in [2.45, 2.75) is 6.92 Å². The van der Waals surface area contributed by atoms with Crippen molar-refractivity contribution in [1.29, 1.82) is 0 Å². The van der Waals surface area contributed by atoms with Crippen LogP contribution in [0.25, 0.3) is 10.4 Å². The van der Waals surface area contributed by atoms with E-state index in [1.165, 1.54) is 12.1 Å². The van der Waals surface area contributed by atoms with Crippen LogP contribution >= 0.6 is 0 Å². The van der Waals surface area contributed by atoms with E-state index in [0.717, 1.165) is 0 Å². The molecule has 7 nitrogen and oxygen atoms in total. The Bertz CT molecular complexity index is 564. The molecule has 0 aromatic heterocycles. The summed E-state index contributed by atoms with van der Waals surface area (Å²) in [5, 5.41) is 13.9. The number of nitro groups is 1. The Hall–Kier alpha value is -2.71. The smallest absolute Gasteiger partial charge is 0.271 e. The maximum Gasteiger partial charge on any atom is 0.271 e. The molecule has 0 amide bonds. The topological polar surface area (TPSA) is 118 Å². The first-order valence-corrected chi connectivity index (χ1v) is 4.60. The minimum Gasteiger partial charge on any atom is -0.397 e. The summed E-state index contributed by atoms with van der Waals surface area (Å²) in [5.74, 6) is 5.20. The third kappa shape index (κ3) is 3.12. The molecular formula is C10H9N5O2. The second-order valence-electron chi connectivity index (χ2n) is 3.17. The van der Waals surface area contributed by atoms with Crippen molar-refractivity contribution in [3.63, 3.8) is 0 Å². The first-order valence-electron chi connectivity index (χ1n) is 4.60. The lowest BCUT2D eigenvalue weighted by Gasteiger charge is -2.02. The van der Waals surface area contributed by atoms with Crippen molar-refractivity contribution in [2.24, 2.45) is 5.11 Å². The number of rotatable bonds is 2. The van der Waals surface area contributed by atoms with Gasteiger partial charge in [0, 0.05) is 17.0 Å². The summed E-state index contributed by atoms with van der Waals surface area (Å²) in [7, 11) is 0. The van der Waals surface area contributed by atoms with E-state index in [2.05, 4.69) is 21.9 Å². The Morgan fingerprint density at radius 3 is 2.94 bits per heavy atom. The predicted octanol–water partition coefficient (Wildman–Crippen LogP) is 2.15. The molecule has 0 atom stereocenters. The van der Waals surface area contributed by atoms with E-state index in [9.17, 15) is 10.1 Å². The number of non-ortho nitro benzene ring substituents is 1. The van der Waals surface area contributed by atoms with Gasteiger partial charge < -0.3 is 5.73 Å². The molecular weight excluding hydrogens is 222 g/mol. The van der Waals surface area contributed by atoms with Crippen LogP contribution in [-0.2, 0) is 0 Å². The van der Waals surface area contributed by atoms with E-state index >= 15 is 0 Å². The van der Waals surface area contributed by atoms with Crippen molar-refractivity contribution in [3.05, 3.63) is 43.8 Å². The van der Waals surface area contributed by atoms with E-state index in [4.69, 9.17) is 11.3 Å². The van der Waals surface area contributed by atoms with Gasteiger partial charge in [-0.05, 0) is 18.0 Å². The highest BCUT2D eigenvalue weighted by molar-refractivity contribution is 5.64. The number of nitrogens with two attached hydrogens (primary N) is 1. The highest BCUT2D eigenvalue weighted by atomic mass is 16.6. The molecule has 0 saturated heterocycles. The Morgan fingerprint density at radius 2 is 2.35 bits per heavy atom. The number of nitrogen functional groups attached to an aromatic ring is 1. The fraction of sp³-hybridized carbons (Fsp3) is 0.200. The molecule has 1 aromatic rings. The molecule has 86 valence electrons. The fourth-order valence-corrected chi connectivity index (χ4v) is 1.19. The molecule has 7 heteroatoms. The number of benzene rings is 1. The Morgan fingerprint density at radius 1 is 1.65 bits per heavy atom. The number of anilines is 1. The van der Waals surface area contributed by atoms with Crippen LogP contribution in [0, 0.1) is 28.9 Å². The second-order valence-corrected chi connectivity index (χ2v) is 3.17. The largest absolute Gasteiger partial charge is 0.397 e. The molecule has 0 radical (unpaired) electrons. The monoisotopic (exact) mass is 231 g/mol. The van der Waals surface area contributed by atoms with Crippen molar-refractivity contribution in [2.75, 3.05) is 12.3 Å². The summed E-state index contributed by atoms with van der Waals surface area (Å²) in [6.07, 6.45) is 0. The lowest BCUT2D eigenvalue weighted by molar-refractivity contribution is -0.384. The standard InChI is InChI=1S/C10H9N5O2/c1-7-5-9(15(16)17)6-8(10(7)11)3-2-4-13-14-12/h5-6H,4,11H2,1H3. The lowest BCUT2D eigenvalue weighted by atomic mass is 10.1. The second kappa shape index (κ2) is 5.39. The summed E-state index contributed by atoms with van der Waals surface area (Å²) < 4.78 is 0. The molecule has 0 fully saturated rings. The number of azide groups is 1. The molecule has 0 bridgehead atoms. The van der Waals surface area contributed by atoms with Crippen LogP contribution in [0.15, 0.2) is 17.2 Å². The molecule has 0 spiro atoms. The van der Waals surface area contributed by atoms with Gasteiger partial charge in [0.15, 0.2) is 0 Å². The summed E-state index contributed by atoms with van der Waals surface area (Å²) >= 11 is 0. The highest BCUT2D eigenvalue weighted by Crippen LogP contribution is 2.23. The summed E-state index contributed by atoms with van der Waals surface area (Å²) in [5.41, 5.74) is 15.1. The van der Waals surface area contributed by atoms with Gasteiger partial charge in [0.1, 0.15) is 0 Å². The Kier molecular flexibility index (Phi) is 3.92. The Balaban J connectivity index is 3.16. The summed E-state index contributed by atoms with van der Waals surface area (Å²) in [6, 6.07) is 2.68. The molecule has 17 heavy (non-hydrogen) atoms. The van der Waals surface area contributed by atoms with Gasteiger partial charge in [-0.25, -0.2) is 0 Å². The van der Waals surface area contributed by atoms with Crippen LogP contribution in [0.4, 0.5) is 11.4 Å². The lowest BCUT2D eigenvalue weighted by Crippen LogP contribution is -1.97. The quantitative estimate of drug-likeness (QED) is 0.160. The van der Waals surface area contributed by atoms with Crippen LogP contribution in [-0.4, -0.2) is 11.5 Å². The predicted molar refractivity (Wildman–Crippen MR) is 63.1 cm³/mol. The van der Waals surface area contributed by atoms with E-state index in [-0.39, 0.29) is 12.2 Å². The number of hydrogen-bond donors (Lipinski definition) is 1. The van der Waals surface area contributed by atoms with Crippen LogP contribution in [0.1, 0.15) is 11.1 Å². The third-order valence-electron chi connectivity index (χ3n) is 2.02. The Labute approximate surface area is 97.0 Å². The van der Waals surface area contributed by atoms with E-state index in [0.29, 0.717) is 16.8 Å². The van der Waals surface area contributed by atoms with Crippen molar-refractivity contribution in [3.8, 4) is 11.8 Å². The molecule has 1 rings (SSSR count). The molecule has 2 N–H and O–H groups in total. The summed E-state index contributed by atoms with van der Waals surface area (Å²) in [4.78, 5) is 12.7. The zero-order chi connectivity index (χ0) is 12.8. The van der Waals surface area contributed by atoms with Crippen LogP contribution in [0.2, 0.25) is 0 Å². The molecule has 0 unspecified atom stereocenters. The highest BCUT2D eigenvalue weighted by Gasteiger charge is 2.10. The maximum absolute atomic E-state index is 10.6. The zero-order valence-electron chi connectivity index (χ0n) is 9.04. The molecule has 0 aliphatic rings. The van der Waals surface area contributed by atoms with Crippen molar-refractivity contribution in [1.82, 2.24) is 0 Å². The van der Waals surface area contributed by atoms with Crippen molar-refractivity contribution < 1.29 is 4.92 Å². The maximum atomic E-state index is 10.6. The van der Waals surface area contributed by atoms with Gasteiger partial charge in [-0.1, -0.05) is 17.0 Å². The first kappa shape index (κ1) is 12.4. The van der Waals surface area contributed by atoms with Gasteiger partial charge in [-0.3, -0.25) is 10.1 Å². The third-order valence-corrected chi connectivity index (χ3v) is 2.02. The van der Waals surface area contributed by atoms with E-state index in [1.807, 2.05) is 0 Å². The molecule has 0 heterocycles. The van der Waals surface area contributed by atoms with Gasteiger partial charge in [0.2, 0.25) is 0 Å². The van der Waals surface area contributed by atoms with Gasteiger partial charge in [0.05, 0.1) is 22.7 Å². The average Bonchev–Trinajstić information content (AvgIpc) is 2.29. The number of nitrogens with zero attached hydrogens (tertiary/aromatic N) is 4. The van der Waals surface area contributed by atoms with Crippen LogP contribution in [0.5, 0.6) is 0 Å². The zero-order valence-corrected chi connectivity index (χ0v) is 9.04. The van der Waals surface area contributed by atoms with Crippen molar-refractivity contribution >= 4 is 11.4 Å². The van der Waals surface area contributed by atoms with Crippen LogP contribution < -0.4 is 5.73 Å². The average molecular weight is 231 g/mol. The van der Waals surface area contributed by atoms with Gasteiger partial charge in [-0.2, -0.15) is 0 Å². The van der Waals surface area contributed by atoms with Gasteiger partial charge in [-0.15, -0.1) is 0 Å². The minimum atomic E-state index is -0.509.